The second-order valence-electron chi connectivity index (χ2n) is 6.17. The molecule has 0 atom stereocenters. The van der Waals surface area contributed by atoms with E-state index in [2.05, 4.69) is 5.10 Å². The predicted octanol–water partition coefficient (Wildman–Crippen LogP) is 5.72. The van der Waals surface area contributed by atoms with Crippen molar-refractivity contribution in [3.05, 3.63) is 61.5 Å². The van der Waals surface area contributed by atoms with E-state index in [0.29, 0.717) is 10.6 Å². The molecule has 24 heavy (non-hydrogen) atoms. The average Bonchev–Trinajstić information content (AvgIpc) is 2.48. The second kappa shape index (κ2) is 7.96. The molecular weight excluding hydrogens is 387 g/mol. The van der Waals surface area contributed by atoms with E-state index < -0.39 is 5.54 Å². The Morgan fingerprint density at radius 3 is 2.42 bits per heavy atom. The van der Waals surface area contributed by atoms with Crippen molar-refractivity contribution in [2.24, 2.45) is 0 Å². The van der Waals surface area contributed by atoms with E-state index >= 15 is 0 Å². The number of benzene rings is 1. The molecule has 1 aromatic carbocycles. The van der Waals surface area contributed by atoms with Crippen molar-refractivity contribution in [3.63, 3.8) is 0 Å². The number of nitrogens with zero attached hydrogens (tertiary/aromatic N) is 2. The molecule has 0 aliphatic heterocycles. The van der Waals surface area contributed by atoms with Gasteiger partial charge in [-0.1, -0.05) is 59.1 Å². The molecule has 0 saturated carbocycles. The monoisotopic (exact) mass is 402 g/mol. The molecule has 128 valence electrons. The van der Waals surface area contributed by atoms with Crippen molar-refractivity contribution in [2.75, 3.05) is 0 Å². The Hall–Kier alpha value is -0.940. The Labute approximate surface area is 160 Å². The molecular formula is C17H17Cl3N2OS. The molecule has 0 N–H and O–H groups in total. The Morgan fingerprint density at radius 2 is 1.88 bits per heavy atom. The van der Waals surface area contributed by atoms with Gasteiger partial charge in [0.15, 0.2) is 0 Å². The van der Waals surface area contributed by atoms with Crippen LogP contribution in [0.3, 0.4) is 0 Å². The van der Waals surface area contributed by atoms with Crippen LogP contribution in [0, 0.1) is 0 Å². The third-order valence-corrected chi connectivity index (χ3v) is 4.97. The SMILES string of the molecule is CC(C)(C)n1ncc(SCc2ccc(C=C(Cl)Cl)cc2)c(Cl)c1=O. The van der Waals surface area contributed by atoms with Gasteiger partial charge in [0, 0.05) is 5.75 Å². The molecule has 0 spiro atoms. The van der Waals surface area contributed by atoms with Crippen LogP contribution in [-0.4, -0.2) is 9.78 Å². The summed E-state index contributed by atoms with van der Waals surface area (Å²) in [6.45, 7) is 5.73. The van der Waals surface area contributed by atoms with Crippen molar-refractivity contribution < 1.29 is 0 Å². The quantitative estimate of drug-likeness (QED) is 0.612. The van der Waals surface area contributed by atoms with E-state index in [1.54, 1.807) is 12.3 Å². The number of rotatable bonds is 4. The Morgan fingerprint density at radius 1 is 1.25 bits per heavy atom. The Bertz CT molecular complexity index is 804. The maximum atomic E-state index is 12.3. The highest BCUT2D eigenvalue weighted by molar-refractivity contribution is 7.98. The van der Waals surface area contributed by atoms with E-state index in [1.165, 1.54) is 16.4 Å². The lowest BCUT2D eigenvalue weighted by atomic mass is 10.1. The fraction of sp³-hybridized carbons (Fsp3) is 0.294. The summed E-state index contributed by atoms with van der Waals surface area (Å²) in [5.41, 5.74) is 1.35. The van der Waals surface area contributed by atoms with Crippen LogP contribution in [0.25, 0.3) is 6.08 Å². The van der Waals surface area contributed by atoms with Crippen LogP contribution >= 0.6 is 46.6 Å². The van der Waals surface area contributed by atoms with Gasteiger partial charge in [0.1, 0.15) is 9.51 Å². The third kappa shape index (κ3) is 5.03. The van der Waals surface area contributed by atoms with Gasteiger partial charge >= 0.3 is 0 Å². The maximum absolute atomic E-state index is 12.3. The number of halogens is 3. The van der Waals surface area contributed by atoms with Crippen LogP contribution in [0.15, 0.2) is 44.6 Å². The highest BCUT2D eigenvalue weighted by atomic mass is 35.5. The molecule has 0 unspecified atom stereocenters. The van der Waals surface area contributed by atoms with Gasteiger partial charge in [-0.25, -0.2) is 4.68 Å². The van der Waals surface area contributed by atoms with E-state index in [4.69, 9.17) is 34.8 Å². The van der Waals surface area contributed by atoms with Crippen LogP contribution < -0.4 is 5.56 Å². The number of aromatic nitrogens is 2. The van der Waals surface area contributed by atoms with Gasteiger partial charge in [-0.2, -0.15) is 5.10 Å². The molecule has 2 rings (SSSR count). The molecule has 0 amide bonds. The van der Waals surface area contributed by atoms with E-state index in [-0.39, 0.29) is 15.1 Å². The second-order valence-corrected chi connectivity index (χ2v) is 8.58. The number of hydrogen-bond acceptors (Lipinski definition) is 3. The van der Waals surface area contributed by atoms with Crippen molar-refractivity contribution >= 4 is 52.6 Å². The summed E-state index contributed by atoms with van der Waals surface area (Å²) in [6.07, 6.45) is 3.32. The molecule has 2 aromatic rings. The molecule has 1 aromatic heterocycles. The van der Waals surface area contributed by atoms with Gasteiger partial charge in [0.25, 0.3) is 5.56 Å². The van der Waals surface area contributed by atoms with Crippen molar-refractivity contribution in [1.29, 1.82) is 0 Å². The van der Waals surface area contributed by atoms with Crippen LogP contribution in [0.4, 0.5) is 0 Å². The van der Waals surface area contributed by atoms with Crippen molar-refractivity contribution in [1.82, 2.24) is 9.78 Å². The Kier molecular flexibility index (Phi) is 6.43. The summed E-state index contributed by atoms with van der Waals surface area (Å²) in [7, 11) is 0. The lowest BCUT2D eigenvalue weighted by Crippen LogP contribution is -2.36. The van der Waals surface area contributed by atoms with Crippen LogP contribution in [0.1, 0.15) is 31.9 Å². The standard InChI is InChI=1S/C17H17Cl3N2OS/c1-17(2,3)22-16(23)15(20)13(9-21-22)24-10-12-6-4-11(5-7-12)8-14(18)19/h4-9H,10H2,1-3H3. The molecule has 0 fully saturated rings. The van der Waals surface area contributed by atoms with Gasteiger partial charge in [-0.05, 0) is 38.0 Å². The first-order chi connectivity index (χ1) is 11.2. The van der Waals surface area contributed by atoms with Gasteiger partial charge in [0.2, 0.25) is 0 Å². The lowest BCUT2D eigenvalue weighted by molar-refractivity contribution is 0.336. The zero-order valence-corrected chi connectivity index (χ0v) is 16.6. The normalized spacial score (nSPS) is 11.4. The van der Waals surface area contributed by atoms with Gasteiger partial charge < -0.3 is 0 Å². The van der Waals surface area contributed by atoms with Crippen LogP contribution in [0.5, 0.6) is 0 Å². The Balaban J connectivity index is 2.14. The first kappa shape index (κ1) is 19.4. The van der Waals surface area contributed by atoms with E-state index in [9.17, 15) is 4.79 Å². The highest BCUT2D eigenvalue weighted by Crippen LogP contribution is 2.27. The van der Waals surface area contributed by atoms with Crippen molar-refractivity contribution in [2.45, 2.75) is 37.0 Å². The molecule has 0 saturated heterocycles. The molecule has 0 bridgehead atoms. The predicted molar refractivity (Wildman–Crippen MR) is 104 cm³/mol. The van der Waals surface area contributed by atoms with Gasteiger partial charge in [0.05, 0.1) is 16.6 Å². The number of thioether (sulfide) groups is 1. The number of hydrogen-bond donors (Lipinski definition) is 0. The minimum atomic E-state index is -0.406. The van der Waals surface area contributed by atoms with Crippen LogP contribution in [-0.2, 0) is 11.3 Å². The van der Waals surface area contributed by atoms with Gasteiger partial charge in [-0.3, -0.25) is 4.79 Å². The largest absolute Gasteiger partial charge is 0.287 e. The molecule has 7 heteroatoms. The van der Waals surface area contributed by atoms with Crippen molar-refractivity contribution in [3.8, 4) is 0 Å². The summed E-state index contributed by atoms with van der Waals surface area (Å²) >= 11 is 19.0. The average molecular weight is 404 g/mol. The molecule has 0 aliphatic rings. The van der Waals surface area contributed by atoms with E-state index in [1.807, 2.05) is 45.0 Å². The topological polar surface area (TPSA) is 34.9 Å². The zero-order valence-electron chi connectivity index (χ0n) is 13.5. The van der Waals surface area contributed by atoms with E-state index in [0.717, 1.165) is 11.1 Å². The molecule has 0 aliphatic carbocycles. The molecule has 3 nitrogen and oxygen atoms in total. The lowest BCUT2D eigenvalue weighted by Gasteiger charge is -2.21. The van der Waals surface area contributed by atoms with Gasteiger partial charge in [-0.15, -0.1) is 11.8 Å². The first-order valence-electron chi connectivity index (χ1n) is 7.21. The third-order valence-electron chi connectivity index (χ3n) is 3.17. The fourth-order valence-corrected chi connectivity index (χ4v) is 3.39. The summed E-state index contributed by atoms with van der Waals surface area (Å²) in [5.74, 6) is 0.680. The molecule has 1 heterocycles. The minimum Gasteiger partial charge on any atom is -0.266 e. The summed E-state index contributed by atoms with van der Waals surface area (Å²) in [6, 6.07) is 7.82. The summed E-state index contributed by atoms with van der Waals surface area (Å²) < 4.78 is 1.62. The fourth-order valence-electron chi connectivity index (χ4n) is 1.99. The smallest absolute Gasteiger partial charge is 0.266 e. The first-order valence-corrected chi connectivity index (χ1v) is 9.33. The summed E-state index contributed by atoms with van der Waals surface area (Å²) in [5, 5.41) is 4.44. The molecule has 0 radical (unpaired) electrons. The highest BCUT2D eigenvalue weighted by Gasteiger charge is 2.19. The van der Waals surface area contributed by atoms with Crippen LogP contribution in [0.2, 0.25) is 5.02 Å². The minimum absolute atomic E-state index is 0.207. The zero-order chi connectivity index (χ0) is 17.9. The summed E-state index contributed by atoms with van der Waals surface area (Å²) in [4.78, 5) is 13.0. The maximum Gasteiger partial charge on any atom is 0.287 e.